The van der Waals surface area contributed by atoms with E-state index in [2.05, 4.69) is 234 Å². The van der Waals surface area contributed by atoms with Crippen LogP contribution in [0.1, 0.15) is 0 Å². The summed E-state index contributed by atoms with van der Waals surface area (Å²) in [4.78, 5) is 0. The maximum atomic E-state index is 6.30. The summed E-state index contributed by atoms with van der Waals surface area (Å²) in [5.41, 5.74) is 18.4. The molecule has 0 aliphatic carbocycles. The molecule has 13 rings (SSSR count). The molecule has 3 heteroatoms. The molecule has 0 bridgehead atoms. The topological polar surface area (TPSA) is 23.0 Å². The van der Waals surface area contributed by atoms with Crippen molar-refractivity contribution in [1.29, 1.82) is 0 Å². The molecule has 0 saturated heterocycles. The van der Waals surface area contributed by atoms with E-state index < -0.39 is 0 Å². The number of hydrogen-bond donors (Lipinski definition) is 0. The van der Waals surface area contributed by atoms with E-state index in [1.165, 1.54) is 93.5 Å². The largest absolute Gasteiger partial charge is 0.456 e. The lowest BCUT2D eigenvalue weighted by molar-refractivity contribution is 0.669. The summed E-state index contributed by atoms with van der Waals surface area (Å²) in [6.07, 6.45) is 0. The fourth-order valence-corrected chi connectivity index (χ4v) is 9.93. The highest BCUT2D eigenvalue weighted by molar-refractivity contribution is 6.27. The Kier molecular flexibility index (Phi) is 7.91. The zero-order valence-electron chi connectivity index (χ0n) is 34.2. The Labute approximate surface area is 363 Å². The Morgan fingerprint density at radius 1 is 0.238 bits per heavy atom. The second kappa shape index (κ2) is 14.1. The maximum absolute atomic E-state index is 6.30. The Morgan fingerprint density at radius 2 is 0.667 bits per heavy atom. The molecule has 10 aromatic carbocycles. The van der Waals surface area contributed by atoms with E-state index in [-0.39, 0.29) is 0 Å². The van der Waals surface area contributed by atoms with Crippen molar-refractivity contribution >= 4 is 65.6 Å². The molecule has 0 unspecified atom stereocenters. The van der Waals surface area contributed by atoms with Gasteiger partial charge in [0.2, 0.25) is 0 Å². The van der Waals surface area contributed by atoms with E-state index >= 15 is 0 Å². The molecule has 0 radical (unpaired) electrons. The third kappa shape index (κ3) is 5.67. The van der Waals surface area contributed by atoms with Gasteiger partial charge in [-0.3, -0.25) is 0 Å². The van der Waals surface area contributed by atoms with Crippen molar-refractivity contribution in [2.75, 3.05) is 0 Å². The van der Waals surface area contributed by atoms with Crippen LogP contribution in [-0.2, 0) is 0 Å². The predicted octanol–water partition coefficient (Wildman–Crippen LogP) is 16.4. The van der Waals surface area contributed by atoms with E-state index in [1.54, 1.807) is 0 Å². The number of para-hydroxylation sites is 2. The SMILES string of the molecule is c1ccc(-c2ccc3c4ccc(-c5ccccc5)cc4n(-c4ccc(-c5ccc(-c6ccc(-n7c8ccccc8c8c9c(ccc87)oc7ccccc79)cc6)cc5)cc4)c3c2)cc1. The molecule has 0 aliphatic heterocycles. The number of benzene rings is 10. The van der Waals surface area contributed by atoms with Crippen LogP contribution in [0.25, 0.3) is 121 Å². The third-order valence-corrected chi connectivity index (χ3v) is 13.0. The first-order valence-corrected chi connectivity index (χ1v) is 21.6. The minimum Gasteiger partial charge on any atom is -0.456 e. The fraction of sp³-hybridized carbons (Fsp3) is 0. The summed E-state index contributed by atoms with van der Waals surface area (Å²) in [6.45, 7) is 0. The smallest absolute Gasteiger partial charge is 0.136 e. The van der Waals surface area contributed by atoms with Crippen LogP contribution in [-0.4, -0.2) is 9.13 Å². The third-order valence-electron chi connectivity index (χ3n) is 13.0. The van der Waals surface area contributed by atoms with E-state index in [1.807, 2.05) is 6.07 Å². The standard InChI is InChI=1S/C60H38N2O/c1-3-11-39(12-4-1)45-27-33-49-50-34-28-46(40-13-5-2-6-14-40)38-56(50)62(55(49)37-45)48-31-25-44(26-32-48)42-21-19-41(20-22-42)43-23-29-47(30-24-43)61-53-17-9-7-15-51(53)59-54(61)35-36-58-60(59)52-16-8-10-18-57(52)63-58/h1-38H. The normalized spacial score (nSPS) is 11.8. The van der Waals surface area contributed by atoms with Crippen LogP contribution in [0.15, 0.2) is 235 Å². The molecule has 3 aromatic heterocycles. The first-order chi connectivity index (χ1) is 31.2. The zero-order chi connectivity index (χ0) is 41.4. The number of aromatic nitrogens is 2. The lowest BCUT2D eigenvalue weighted by Crippen LogP contribution is -1.94. The number of nitrogens with zero attached hydrogens (tertiary/aromatic N) is 2. The summed E-state index contributed by atoms with van der Waals surface area (Å²) >= 11 is 0. The minimum absolute atomic E-state index is 0.916. The highest BCUT2D eigenvalue weighted by Crippen LogP contribution is 2.42. The van der Waals surface area contributed by atoms with Crippen molar-refractivity contribution in [1.82, 2.24) is 9.13 Å². The van der Waals surface area contributed by atoms with Crippen molar-refractivity contribution in [3.8, 4) is 55.9 Å². The van der Waals surface area contributed by atoms with E-state index in [0.717, 1.165) is 27.9 Å². The Bertz CT molecular complexity index is 3760. The highest BCUT2D eigenvalue weighted by atomic mass is 16.3. The van der Waals surface area contributed by atoms with Gasteiger partial charge >= 0.3 is 0 Å². The summed E-state index contributed by atoms with van der Waals surface area (Å²) in [6, 6.07) is 83.4. The first-order valence-electron chi connectivity index (χ1n) is 21.6. The first kappa shape index (κ1) is 35.4. The van der Waals surface area contributed by atoms with Crippen LogP contribution in [0.4, 0.5) is 0 Å². The molecule has 0 atom stereocenters. The Hall–Kier alpha value is -8.40. The minimum atomic E-state index is 0.916. The van der Waals surface area contributed by atoms with Gasteiger partial charge in [-0.2, -0.15) is 0 Å². The van der Waals surface area contributed by atoms with Crippen LogP contribution in [0.2, 0.25) is 0 Å². The molecule has 0 aliphatic rings. The number of fused-ring (bicyclic) bond motifs is 10. The molecule has 3 heterocycles. The molecule has 13 aromatic rings. The van der Waals surface area contributed by atoms with Gasteiger partial charge in [-0.1, -0.05) is 170 Å². The predicted molar refractivity (Wildman–Crippen MR) is 264 cm³/mol. The maximum Gasteiger partial charge on any atom is 0.136 e. The molecule has 3 nitrogen and oxygen atoms in total. The molecule has 63 heavy (non-hydrogen) atoms. The second-order valence-electron chi connectivity index (χ2n) is 16.5. The van der Waals surface area contributed by atoms with Crippen LogP contribution in [0.5, 0.6) is 0 Å². The van der Waals surface area contributed by atoms with Gasteiger partial charge in [-0.05, 0) is 105 Å². The zero-order valence-corrected chi connectivity index (χ0v) is 34.2. The average molecular weight is 803 g/mol. The monoisotopic (exact) mass is 802 g/mol. The van der Waals surface area contributed by atoms with Gasteiger partial charge in [0.15, 0.2) is 0 Å². The Balaban J connectivity index is 0.840. The summed E-state index contributed by atoms with van der Waals surface area (Å²) < 4.78 is 11.1. The number of rotatable bonds is 6. The van der Waals surface area contributed by atoms with Crippen molar-refractivity contribution in [2.24, 2.45) is 0 Å². The highest BCUT2D eigenvalue weighted by Gasteiger charge is 2.19. The van der Waals surface area contributed by atoms with Crippen molar-refractivity contribution < 1.29 is 4.42 Å². The molecular formula is C60H38N2O. The van der Waals surface area contributed by atoms with Gasteiger partial charge in [0.1, 0.15) is 11.2 Å². The summed E-state index contributed by atoms with van der Waals surface area (Å²) in [7, 11) is 0. The van der Waals surface area contributed by atoms with Crippen molar-refractivity contribution in [3.05, 3.63) is 231 Å². The fourth-order valence-electron chi connectivity index (χ4n) is 9.93. The van der Waals surface area contributed by atoms with Crippen LogP contribution >= 0.6 is 0 Å². The van der Waals surface area contributed by atoms with Gasteiger partial charge in [0.05, 0.1) is 22.1 Å². The molecule has 0 saturated carbocycles. The summed E-state index contributed by atoms with van der Waals surface area (Å²) in [5, 5.41) is 7.26. The Morgan fingerprint density at radius 3 is 1.22 bits per heavy atom. The van der Waals surface area contributed by atoms with Gasteiger partial charge in [0.25, 0.3) is 0 Å². The van der Waals surface area contributed by atoms with E-state index in [9.17, 15) is 0 Å². The van der Waals surface area contributed by atoms with Crippen LogP contribution < -0.4 is 0 Å². The van der Waals surface area contributed by atoms with Gasteiger partial charge in [-0.15, -0.1) is 0 Å². The molecular weight excluding hydrogens is 765 g/mol. The molecule has 0 fully saturated rings. The van der Waals surface area contributed by atoms with Crippen molar-refractivity contribution in [2.45, 2.75) is 0 Å². The average Bonchev–Trinajstić information content (AvgIpc) is 4.02. The van der Waals surface area contributed by atoms with E-state index in [0.29, 0.717) is 0 Å². The number of furan rings is 1. The second-order valence-corrected chi connectivity index (χ2v) is 16.5. The lowest BCUT2D eigenvalue weighted by Gasteiger charge is -2.12. The van der Waals surface area contributed by atoms with Gasteiger partial charge in [-0.25, -0.2) is 0 Å². The molecule has 0 spiro atoms. The molecule has 0 amide bonds. The number of hydrogen-bond acceptors (Lipinski definition) is 1. The summed E-state index contributed by atoms with van der Waals surface area (Å²) in [5.74, 6) is 0. The van der Waals surface area contributed by atoms with Gasteiger partial charge < -0.3 is 13.6 Å². The lowest BCUT2D eigenvalue weighted by atomic mass is 10.00. The van der Waals surface area contributed by atoms with Crippen LogP contribution in [0.3, 0.4) is 0 Å². The van der Waals surface area contributed by atoms with Crippen molar-refractivity contribution in [3.63, 3.8) is 0 Å². The molecule has 0 N–H and O–H groups in total. The molecule has 294 valence electrons. The van der Waals surface area contributed by atoms with Crippen LogP contribution in [0, 0.1) is 0 Å². The quantitative estimate of drug-likeness (QED) is 0.164. The van der Waals surface area contributed by atoms with E-state index in [4.69, 9.17) is 4.42 Å². The van der Waals surface area contributed by atoms with Gasteiger partial charge in [0, 0.05) is 43.7 Å².